The first-order chi connectivity index (χ1) is 12.2. The molecular formula is C22H29O3-. The maximum absolute atomic E-state index is 11.4. The van der Waals surface area contributed by atoms with Crippen molar-refractivity contribution in [3.8, 4) is 0 Å². The molecule has 0 aromatic heterocycles. The average molecular weight is 341 g/mol. The normalized spacial score (nSPS) is 12.8. The van der Waals surface area contributed by atoms with Crippen LogP contribution in [0.5, 0.6) is 0 Å². The lowest BCUT2D eigenvalue weighted by Crippen LogP contribution is -2.21. The molecule has 0 rings (SSSR count). The second-order valence-electron chi connectivity index (χ2n) is 5.37. The SMILES string of the molecule is CC/C=C\CC(=O)/C=C/C=C\C/C=C\C/C=C\C/C=C\CCC(=O)[O-]. The summed E-state index contributed by atoms with van der Waals surface area (Å²) in [5, 5.41) is 10.2. The summed E-state index contributed by atoms with van der Waals surface area (Å²) < 4.78 is 0. The standard InChI is InChI=1S/C22H30O3/c1-2-3-15-18-21(23)19-16-13-11-9-7-5-4-6-8-10-12-14-17-20-22(24)25/h3,5-8,11-16,19H,2,4,9-10,17-18,20H2,1H3,(H,24,25)/p-1/b7-5-,8-6-,13-11-,14-12-,15-3-,19-16+. The van der Waals surface area contributed by atoms with E-state index < -0.39 is 5.97 Å². The third-order valence-corrected chi connectivity index (χ3v) is 3.08. The number of ketones is 1. The van der Waals surface area contributed by atoms with Crippen molar-refractivity contribution in [3.63, 3.8) is 0 Å². The molecule has 0 bridgehead atoms. The molecule has 3 nitrogen and oxygen atoms in total. The zero-order valence-corrected chi connectivity index (χ0v) is 15.1. The molecule has 136 valence electrons. The number of rotatable bonds is 14. The summed E-state index contributed by atoms with van der Waals surface area (Å²) in [5.41, 5.74) is 0. The Kier molecular flexibility index (Phi) is 16.2. The summed E-state index contributed by atoms with van der Waals surface area (Å²) in [6, 6.07) is 0. The third kappa shape index (κ3) is 19.5. The molecule has 0 aromatic carbocycles. The first-order valence-electron chi connectivity index (χ1n) is 8.82. The molecule has 0 aromatic rings. The van der Waals surface area contributed by atoms with E-state index in [1.165, 1.54) is 0 Å². The van der Waals surface area contributed by atoms with Crippen LogP contribution in [-0.2, 0) is 9.59 Å². The fourth-order valence-electron chi connectivity index (χ4n) is 1.79. The van der Waals surface area contributed by atoms with Crippen molar-refractivity contribution >= 4 is 11.8 Å². The van der Waals surface area contributed by atoms with Crippen molar-refractivity contribution in [1.29, 1.82) is 0 Å². The number of aliphatic carboxylic acids is 1. The van der Waals surface area contributed by atoms with Gasteiger partial charge in [0.1, 0.15) is 0 Å². The van der Waals surface area contributed by atoms with Gasteiger partial charge in [-0.15, -0.1) is 0 Å². The summed E-state index contributed by atoms with van der Waals surface area (Å²) in [5.74, 6) is -0.894. The lowest BCUT2D eigenvalue weighted by Gasteiger charge is -1.95. The van der Waals surface area contributed by atoms with Crippen molar-refractivity contribution in [2.75, 3.05) is 0 Å². The van der Waals surface area contributed by atoms with E-state index in [9.17, 15) is 14.7 Å². The van der Waals surface area contributed by atoms with E-state index in [0.29, 0.717) is 12.8 Å². The van der Waals surface area contributed by atoms with Crippen LogP contribution < -0.4 is 5.11 Å². The van der Waals surface area contributed by atoms with Gasteiger partial charge in [-0.25, -0.2) is 0 Å². The fourth-order valence-corrected chi connectivity index (χ4v) is 1.79. The minimum atomic E-state index is -1.01. The topological polar surface area (TPSA) is 57.2 Å². The summed E-state index contributed by atoms with van der Waals surface area (Å²) in [4.78, 5) is 21.6. The number of carboxylic acid groups (broad SMARTS) is 1. The van der Waals surface area contributed by atoms with Gasteiger partial charge in [0.15, 0.2) is 5.78 Å². The van der Waals surface area contributed by atoms with Gasteiger partial charge in [0.05, 0.1) is 0 Å². The van der Waals surface area contributed by atoms with Crippen LogP contribution in [0.1, 0.15) is 51.9 Å². The number of carbonyl (C=O) groups is 2. The summed E-state index contributed by atoms with van der Waals surface area (Å²) in [7, 11) is 0. The molecule has 0 radical (unpaired) electrons. The Morgan fingerprint density at radius 1 is 0.760 bits per heavy atom. The highest BCUT2D eigenvalue weighted by molar-refractivity contribution is 5.90. The maximum Gasteiger partial charge on any atom is 0.159 e. The number of hydrogen-bond donors (Lipinski definition) is 0. The van der Waals surface area contributed by atoms with Gasteiger partial charge in [-0.1, -0.05) is 73.8 Å². The highest BCUT2D eigenvalue weighted by atomic mass is 16.4. The van der Waals surface area contributed by atoms with Crippen LogP contribution in [0.4, 0.5) is 0 Å². The van der Waals surface area contributed by atoms with E-state index in [1.54, 1.807) is 12.2 Å². The number of allylic oxidation sites excluding steroid dienone is 12. The Balaban J connectivity index is 3.68. The monoisotopic (exact) mass is 341 g/mol. The Hall–Kier alpha value is -2.42. The van der Waals surface area contributed by atoms with E-state index in [4.69, 9.17) is 0 Å². The van der Waals surface area contributed by atoms with E-state index >= 15 is 0 Å². The van der Waals surface area contributed by atoms with Crippen molar-refractivity contribution in [1.82, 2.24) is 0 Å². The molecule has 0 aliphatic carbocycles. The molecule has 0 spiro atoms. The number of carboxylic acids is 1. The predicted octanol–water partition coefficient (Wildman–Crippen LogP) is 4.39. The molecule has 0 aliphatic rings. The number of carbonyl (C=O) groups excluding carboxylic acids is 2. The summed E-state index contributed by atoms with van der Waals surface area (Å²) in [6.07, 6.45) is 27.8. The molecule has 0 atom stereocenters. The van der Waals surface area contributed by atoms with Crippen LogP contribution in [0.3, 0.4) is 0 Å². The van der Waals surface area contributed by atoms with Gasteiger partial charge >= 0.3 is 0 Å². The fraction of sp³-hybridized carbons (Fsp3) is 0.364. The highest BCUT2D eigenvalue weighted by Gasteiger charge is 1.89. The molecule has 0 unspecified atom stereocenters. The van der Waals surface area contributed by atoms with Crippen molar-refractivity contribution in [2.24, 2.45) is 0 Å². The predicted molar refractivity (Wildman–Crippen MR) is 103 cm³/mol. The highest BCUT2D eigenvalue weighted by Crippen LogP contribution is 1.96. The van der Waals surface area contributed by atoms with E-state index in [-0.39, 0.29) is 12.2 Å². The van der Waals surface area contributed by atoms with Gasteiger partial charge in [-0.2, -0.15) is 0 Å². The summed E-state index contributed by atoms with van der Waals surface area (Å²) >= 11 is 0. The van der Waals surface area contributed by atoms with Gasteiger partial charge < -0.3 is 9.90 Å². The van der Waals surface area contributed by atoms with Gasteiger partial charge in [0.25, 0.3) is 0 Å². The Bertz CT molecular complexity index is 531. The van der Waals surface area contributed by atoms with E-state index in [0.717, 1.165) is 25.7 Å². The van der Waals surface area contributed by atoms with Crippen LogP contribution in [0.15, 0.2) is 72.9 Å². The zero-order chi connectivity index (χ0) is 18.6. The first kappa shape index (κ1) is 22.6. The van der Waals surface area contributed by atoms with E-state index in [1.807, 2.05) is 43.4 Å². The Morgan fingerprint density at radius 3 is 1.96 bits per heavy atom. The van der Waals surface area contributed by atoms with Crippen LogP contribution in [0.2, 0.25) is 0 Å². The van der Waals surface area contributed by atoms with Gasteiger partial charge in [0.2, 0.25) is 0 Å². The molecule has 0 saturated heterocycles. The minimum Gasteiger partial charge on any atom is -0.550 e. The quantitative estimate of drug-likeness (QED) is 0.267. The lowest BCUT2D eigenvalue weighted by atomic mass is 10.2. The van der Waals surface area contributed by atoms with Crippen LogP contribution in [0.25, 0.3) is 0 Å². The van der Waals surface area contributed by atoms with Crippen molar-refractivity contribution < 1.29 is 14.7 Å². The van der Waals surface area contributed by atoms with Crippen LogP contribution in [-0.4, -0.2) is 11.8 Å². The minimum absolute atomic E-state index is 0.0791. The molecular weight excluding hydrogens is 312 g/mol. The molecule has 0 aliphatic heterocycles. The smallest absolute Gasteiger partial charge is 0.159 e. The maximum atomic E-state index is 11.4. The zero-order valence-electron chi connectivity index (χ0n) is 15.1. The molecule has 0 saturated carbocycles. The molecule has 0 N–H and O–H groups in total. The Morgan fingerprint density at radius 2 is 1.36 bits per heavy atom. The number of hydrogen-bond acceptors (Lipinski definition) is 3. The molecule has 0 heterocycles. The van der Waals surface area contributed by atoms with Crippen molar-refractivity contribution in [2.45, 2.75) is 51.9 Å². The van der Waals surface area contributed by atoms with Crippen molar-refractivity contribution in [3.05, 3.63) is 72.9 Å². The lowest BCUT2D eigenvalue weighted by molar-refractivity contribution is -0.305. The average Bonchev–Trinajstić information content (AvgIpc) is 2.58. The molecule has 0 amide bonds. The third-order valence-electron chi connectivity index (χ3n) is 3.08. The van der Waals surface area contributed by atoms with Crippen LogP contribution >= 0.6 is 0 Å². The molecule has 0 fully saturated rings. The first-order valence-corrected chi connectivity index (χ1v) is 8.82. The molecule has 3 heteroatoms. The summed E-state index contributed by atoms with van der Waals surface area (Å²) in [6.45, 7) is 2.04. The van der Waals surface area contributed by atoms with Gasteiger partial charge in [-0.3, -0.25) is 4.79 Å². The van der Waals surface area contributed by atoms with Gasteiger partial charge in [0, 0.05) is 12.4 Å². The Labute approximate surface area is 151 Å². The second kappa shape index (κ2) is 17.9. The molecule has 25 heavy (non-hydrogen) atoms. The largest absolute Gasteiger partial charge is 0.550 e. The van der Waals surface area contributed by atoms with Crippen LogP contribution in [0, 0.1) is 0 Å². The van der Waals surface area contributed by atoms with Gasteiger partial charge in [-0.05, 0) is 44.6 Å². The van der Waals surface area contributed by atoms with E-state index in [2.05, 4.69) is 24.3 Å². The second-order valence-corrected chi connectivity index (χ2v) is 5.37.